The SMILES string of the molecule is Cc1c(-c2ccccc2)ccc2c1CCCC2=O. The molecule has 0 saturated heterocycles. The summed E-state index contributed by atoms with van der Waals surface area (Å²) in [5.41, 5.74) is 5.96. The van der Waals surface area contributed by atoms with Crippen LogP contribution in [0.3, 0.4) is 0 Å². The van der Waals surface area contributed by atoms with Crippen LogP contribution < -0.4 is 0 Å². The zero-order valence-electron chi connectivity index (χ0n) is 10.6. The van der Waals surface area contributed by atoms with E-state index in [-0.39, 0.29) is 0 Å². The van der Waals surface area contributed by atoms with Gasteiger partial charge in [-0.1, -0.05) is 42.5 Å². The van der Waals surface area contributed by atoms with Gasteiger partial charge in [-0.15, -0.1) is 0 Å². The molecule has 0 atom stereocenters. The molecule has 0 N–H and O–H groups in total. The summed E-state index contributed by atoms with van der Waals surface area (Å²) >= 11 is 0. The molecule has 0 heterocycles. The van der Waals surface area contributed by atoms with Crippen molar-refractivity contribution < 1.29 is 4.79 Å². The largest absolute Gasteiger partial charge is 0.294 e. The average Bonchev–Trinajstić information content (AvgIpc) is 2.41. The molecule has 18 heavy (non-hydrogen) atoms. The van der Waals surface area contributed by atoms with Gasteiger partial charge in [0.05, 0.1) is 0 Å². The Morgan fingerprint density at radius 1 is 0.889 bits per heavy atom. The molecule has 0 bridgehead atoms. The number of fused-ring (bicyclic) bond motifs is 1. The molecule has 0 saturated carbocycles. The molecule has 1 aliphatic rings. The Bertz CT molecular complexity index is 597. The third-order valence-corrected chi connectivity index (χ3v) is 3.81. The van der Waals surface area contributed by atoms with Crippen molar-refractivity contribution in [2.45, 2.75) is 26.2 Å². The summed E-state index contributed by atoms with van der Waals surface area (Å²) in [6.45, 7) is 2.14. The molecule has 0 spiro atoms. The Hall–Kier alpha value is -1.89. The number of hydrogen-bond acceptors (Lipinski definition) is 1. The van der Waals surface area contributed by atoms with Crippen LogP contribution in [-0.2, 0) is 6.42 Å². The summed E-state index contributed by atoms with van der Waals surface area (Å²) in [7, 11) is 0. The molecule has 0 aliphatic heterocycles. The van der Waals surface area contributed by atoms with E-state index in [0.717, 1.165) is 18.4 Å². The molecule has 0 fully saturated rings. The van der Waals surface area contributed by atoms with Crippen molar-refractivity contribution in [3.05, 3.63) is 59.2 Å². The van der Waals surface area contributed by atoms with Crippen molar-refractivity contribution >= 4 is 5.78 Å². The summed E-state index contributed by atoms with van der Waals surface area (Å²) in [6.07, 6.45) is 2.73. The number of carbonyl (C=O) groups excluding carboxylic acids is 1. The minimum absolute atomic E-state index is 0.305. The van der Waals surface area contributed by atoms with Crippen LogP contribution in [0.15, 0.2) is 42.5 Å². The van der Waals surface area contributed by atoms with Crippen molar-refractivity contribution in [2.24, 2.45) is 0 Å². The van der Waals surface area contributed by atoms with Crippen molar-refractivity contribution in [1.82, 2.24) is 0 Å². The average molecular weight is 236 g/mol. The third kappa shape index (κ3) is 1.76. The van der Waals surface area contributed by atoms with Crippen LogP contribution >= 0.6 is 0 Å². The summed E-state index contributed by atoms with van der Waals surface area (Å²) in [5, 5.41) is 0. The van der Waals surface area contributed by atoms with Gasteiger partial charge >= 0.3 is 0 Å². The van der Waals surface area contributed by atoms with E-state index >= 15 is 0 Å². The van der Waals surface area contributed by atoms with Crippen LogP contribution in [0.4, 0.5) is 0 Å². The summed E-state index contributed by atoms with van der Waals surface area (Å²) in [6, 6.07) is 14.5. The van der Waals surface area contributed by atoms with Crippen LogP contribution in [-0.4, -0.2) is 5.78 Å². The fourth-order valence-corrected chi connectivity index (χ4v) is 2.83. The van der Waals surface area contributed by atoms with E-state index < -0.39 is 0 Å². The van der Waals surface area contributed by atoms with E-state index in [4.69, 9.17) is 0 Å². The van der Waals surface area contributed by atoms with E-state index in [1.54, 1.807) is 0 Å². The molecular weight excluding hydrogens is 220 g/mol. The van der Waals surface area contributed by atoms with Gasteiger partial charge in [0.1, 0.15) is 0 Å². The maximum absolute atomic E-state index is 11.9. The highest BCUT2D eigenvalue weighted by molar-refractivity contribution is 5.99. The quantitative estimate of drug-likeness (QED) is 0.726. The van der Waals surface area contributed by atoms with Gasteiger partial charge in [-0.2, -0.15) is 0 Å². The molecule has 3 rings (SSSR count). The van der Waals surface area contributed by atoms with Gasteiger partial charge in [-0.05, 0) is 42.0 Å². The lowest BCUT2D eigenvalue weighted by Crippen LogP contribution is -2.12. The highest BCUT2D eigenvalue weighted by atomic mass is 16.1. The summed E-state index contributed by atoms with van der Waals surface area (Å²) in [5.74, 6) is 0.305. The number of hydrogen-bond donors (Lipinski definition) is 0. The molecule has 1 heteroatoms. The molecular formula is C17H16O. The lowest BCUT2D eigenvalue weighted by molar-refractivity contribution is 0.0972. The molecule has 1 aliphatic carbocycles. The highest BCUT2D eigenvalue weighted by Crippen LogP contribution is 2.31. The standard InChI is InChI=1S/C17H16O/c1-12-14(13-6-3-2-4-7-13)10-11-16-15(12)8-5-9-17(16)18/h2-4,6-7,10-11H,5,8-9H2,1H3. The Labute approximate surface area is 107 Å². The van der Waals surface area contributed by atoms with Crippen molar-refractivity contribution in [1.29, 1.82) is 0 Å². The summed E-state index contributed by atoms with van der Waals surface area (Å²) in [4.78, 5) is 11.9. The first kappa shape index (κ1) is 11.2. The fraction of sp³-hybridized carbons (Fsp3) is 0.235. The van der Waals surface area contributed by atoms with Gasteiger partial charge in [0.2, 0.25) is 0 Å². The maximum atomic E-state index is 11.9. The van der Waals surface area contributed by atoms with Crippen LogP contribution in [0.2, 0.25) is 0 Å². The Balaban J connectivity index is 2.17. The van der Waals surface area contributed by atoms with E-state index in [2.05, 4.69) is 37.3 Å². The fourth-order valence-electron chi connectivity index (χ4n) is 2.83. The molecule has 2 aromatic carbocycles. The van der Waals surface area contributed by atoms with E-state index in [9.17, 15) is 4.79 Å². The molecule has 0 unspecified atom stereocenters. The second-order valence-corrected chi connectivity index (χ2v) is 4.91. The number of ketones is 1. The van der Waals surface area contributed by atoms with Gasteiger partial charge in [0, 0.05) is 12.0 Å². The number of rotatable bonds is 1. The predicted octanol–water partition coefficient (Wildman–Crippen LogP) is 4.18. The van der Waals surface area contributed by atoms with E-state index in [1.807, 2.05) is 12.1 Å². The van der Waals surface area contributed by atoms with Crippen LogP contribution in [0, 0.1) is 6.92 Å². The van der Waals surface area contributed by atoms with Gasteiger partial charge in [-0.25, -0.2) is 0 Å². The second-order valence-electron chi connectivity index (χ2n) is 4.91. The molecule has 0 amide bonds. The van der Waals surface area contributed by atoms with E-state index in [0.29, 0.717) is 12.2 Å². The first-order chi connectivity index (χ1) is 8.77. The van der Waals surface area contributed by atoms with Gasteiger partial charge in [0.25, 0.3) is 0 Å². The van der Waals surface area contributed by atoms with Crippen LogP contribution in [0.25, 0.3) is 11.1 Å². The van der Waals surface area contributed by atoms with Gasteiger partial charge < -0.3 is 0 Å². The first-order valence-corrected chi connectivity index (χ1v) is 6.48. The molecule has 0 radical (unpaired) electrons. The lowest BCUT2D eigenvalue weighted by atomic mass is 9.84. The highest BCUT2D eigenvalue weighted by Gasteiger charge is 2.20. The van der Waals surface area contributed by atoms with Crippen molar-refractivity contribution in [3.8, 4) is 11.1 Å². The predicted molar refractivity (Wildman–Crippen MR) is 73.9 cm³/mol. The number of carbonyl (C=O) groups is 1. The maximum Gasteiger partial charge on any atom is 0.163 e. The molecule has 0 aromatic heterocycles. The lowest BCUT2D eigenvalue weighted by Gasteiger charge is -2.19. The molecule has 90 valence electrons. The number of benzene rings is 2. The Kier molecular flexibility index (Phi) is 2.75. The van der Waals surface area contributed by atoms with Crippen LogP contribution in [0.5, 0.6) is 0 Å². The topological polar surface area (TPSA) is 17.1 Å². The van der Waals surface area contributed by atoms with E-state index in [1.165, 1.54) is 22.3 Å². The Morgan fingerprint density at radius 2 is 1.61 bits per heavy atom. The monoisotopic (exact) mass is 236 g/mol. The minimum atomic E-state index is 0.305. The minimum Gasteiger partial charge on any atom is -0.294 e. The first-order valence-electron chi connectivity index (χ1n) is 6.48. The third-order valence-electron chi connectivity index (χ3n) is 3.81. The van der Waals surface area contributed by atoms with Gasteiger partial charge in [0.15, 0.2) is 5.78 Å². The normalized spacial score (nSPS) is 14.4. The smallest absolute Gasteiger partial charge is 0.163 e. The zero-order chi connectivity index (χ0) is 12.5. The summed E-state index contributed by atoms with van der Waals surface area (Å²) < 4.78 is 0. The molecule has 1 nitrogen and oxygen atoms in total. The van der Waals surface area contributed by atoms with Crippen molar-refractivity contribution in [3.63, 3.8) is 0 Å². The Morgan fingerprint density at radius 3 is 2.39 bits per heavy atom. The van der Waals surface area contributed by atoms with Crippen molar-refractivity contribution in [2.75, 3.05) is 0 Å². The van der Waals surface area contributed by atoms with Crippen LogP contribution in [0.1, 0.15) is 34.3 Å². The second kappa shape index (κ2) is 4.41. The molecule has 2 aromatic rings. The van der Waals surface area contributed by atoms with Gasteiger partial charge in [-0.3, -0.25) is 4.79 Å². The zero-order valence-corrected chi connectivity index (χ0v) is 10.6. The number of Topliss-reactive ketones (excluding diaryl/α,β-unsaturated/α-hetero) is 1.